The van der Waals surface area contributed by atoms with Crippen LogP contribution in [-0.2, 0) is 6.54 Å². The number of hydrogen-bond acceptors (Lipinski definition) is 6. The molecule has 0 fully saturated rings. The van der Waals surface area contributed by atoms with Gasteiger partial charge in [0.2, 0.25) is 0 Å². The topological polar surface area (TPSA) is 85.4 Å². The van der Waals surface area contributed by atoms with Gasteiger partial charge in [0.1, 0.15) is 17.3 Å². The lowest BCUT2D eigenvalue weighted by molar-refractivity contribution is 0.102. The first-order valence-electron chi connectivity index (χ1n) is 8.76. The van der Waals surface area contributed by atoms with Gasteiger partial charge in [0.15, 0.2) is 5.69 Å². The van der Waals surface area contributed by atoms with Crippen LogP contribution in [0, 0.1) is 6.92 Å². The fraction of sp³-hybridized carbons (Fsp3) is 0.190. The van der Waals surface area contributed by atoms with Crippen molar-refractivity contribution in [2.24, 2.45) is 0 Å². The SMILES string of the molecule is COc1ccccc1CNc1ccc(C(=O)Nc2cc(C)ccc2OC)nn1. The lowest BCUT2D eigenvalue weighted by Crippen LogP contribution is -2.15. The number of carbonyl (C=O) groups is 1. The zero-order chi connectivity index (χ0) is 19.9. The first-order valence-corrected chi connectivity index (χ1v) is 8.76. The highest BCUT2D eigenvalue weighted by Gasteiger charge is 2.12. The lowest BCUT2D eigenvalue weighted by atomic mass is 10.2. The quantitative estimate of drug-likeness (QED) is 0.653. The molecule has 0 unspecified atom stereocenters. The number of ether oxygens (including phenoxy) is 2. The predicted octanol–water partition coefficient (Wildman–Crippen LogP) is 3.67. The standard InChI is InChI=1S/C21H22N4O3/c1-14-8-10-19(28-3)17(12-14)23-21(26)16-9-11-20(25-24-16)22-13-15-6-4-5-7-18(15)27-2/h4-12H,13H2,1-3H3,(H,22,25)(H,23,26). The molecule has 2 aromatic carbocycles. The van der Waals surface area contributed by atoms with Crippen LogP contribution in [-0.4, -0.2) is 30.3 Å². The van der Waals surface area contributed by atoms with Crippen LogP contribution >= 0.6 is 0 Å². The fourth-order valence-electron chi connectivity index (χ4n) is 2.69. The summed E-state index contributed by atoms with van der Waals surface area (Å²) < 4.78 is 10.6. The third-order valence-corrected chi connectivity index (χ3v) is 4.15. The van der Waals surface area contributed by atoms with E-state index in [9.17, 15) is 4.79 Å². The average Bonchev–Trinajstić information content (AvgIpc) is 2.73. The smallest absolute Gasteiger partial charge is 0.276 e. The van der Waals surface area contributed by atoms with Crippen LogP contribution in [0.15, 0.2) is 54.6 Å². The number of amides is 1. The second-order valence-electron chi connectivity index (χ2n) is 6.13. The molecule has 0 saturated carbocycles. The van der Waals surface area contributed by atoms with Crippen LogP contribution < -0.4 is 20.1 Å². The van der Waals surface area contributed by atoms with Gasteiger partial charge in [-0.25, -0.2) is 0 Å². The molecule has 1 aromatic heterocycles. The summed E-state index contributed by atoms with van der Waals surface area (Å²) in [6, 6.07) is 16.6. The Labute approximate surface area is 163 Å². The van der Waals surface area contributed by atoms with Gasteiger partial charge in [-0.05, 0) is 42.8 Å². The Bertz CT molecular complexity index is 958. The number of nitrogens with one attached hydrogen (secondary N) is 2. The largest absolute Gasteiger partial charge is 0.496 e. The molecule has 0 aliphatic rings. The van der Waals surface area contributed by atoms with E-state index in [2.05, 4.69) is 20.8 Å². The van der Waals surface area contributed by atoms with E-state index < -0.39 is 0 Å². The van der Waals surface area contributed by atoms with Crippen molar-refractivity contribution in [3.63, 3.8) is 0 Å². The van der Waals surface area contributed by atoms with Crippen LogP contribution in [0.4, 0.5) is 11.5 Å². The number of hydrogen-bond donors (Lipinski definition) is 2. The summed E-state index contributed by atoms with van der Waals surface area (Å²) in [6.07, 6.45) is 0. The third kappa shape index (κ3) is 4.56. The summed E-state index contributed by atoms with van der Waals surface area (Å²) in [7, 11) is 3.19. The van der Waals surface area contributed by atoms with Crippen LogP contribution in [0.25, 0.3) is 0 Å². The Hall–Kier alpha value is -3.61. The second-order valence-corrected chi connectivity index (χ2v) is 6.13. The van der Waals surface area contributed by atoms with E-state index in [-0.39, 0.29) is 11.6 Å². The summed E-state index contributed by atoms with van der Waals surface area (Å²) in [5.74, 6) is 1.59. The van der Waals surface area contributed by atoms with Gasteiger partial charge >= 0.3 is 0 Å². The van der Waals surface area contributed by atoms with Crippen molar-refractivity contribution in [3.05, 3.63) is 71.4 Å². The van der Waals surface area contributed by atoms with Gasteiger partial charge in [-0.15, -0.1) is 10.2 Å². The Morgan fingerprint density at radius 2 is 1.75 bits per heavy atom. The first-order chi connectivity index (χ1) is 13.6. The van der Waals surface area contributed by atoms with E-state index in [1.807, 2.05) is 49.4 Å². The van der Waals surface area contributed by atoms with Crippen LogP contribution in [0.2, 0.25) is 0 Å². The van der Waals surface area contributed by atoms with Crippen molar-refractivity contribution in [1.29, 1.82) is 0 Å². The number of aryl methyl sites for hydroxylation is 1. The molecule has 0 saturated heterocycles. The summed E-state index contributed by atoms with van der Waals surface area (Å²) in [5, 5.41) is 14.1. The molecule has 7 nitrogen and oxygen atoms in total. The monoisotopic (exact) mass is 378 g/mol. The van der Waals surface area contributed by atoms with Crippen molar-refractivity contribution in [3.8, 4) is 11.5 Å². The van der Waals surface area contributed by atoms with Crippen molar-refractivity contribution in [1.82, 2.24) is 10.2 Å². The van der Waals surface area contributed by atoms with Crippen molar-refractivity contribution in [2.45, 2.75) is 13.5 Å². The van der Waals surface area contributed by atoms with Gasteiger partial charge in [0.05, 0.1) is 19.9 Å². The molecule has 0 atom stereocenters. The van der Waals surface area contributed by atoms with Gasteiger partial charge in [-0.2, -0.15) is 0 Å². The van der Waals surface area contributed by atoms with E-state index >= 15 is 0 Å². The van der Waals surface area contributed by atoms with Gasteiger partial charge in [-0.3, -0.25) is 4.79 Å². The molecule has 0 spiro atoms. The Kier molecular flexibility index (Phi) is 6.06. The molecule has 0 bridgehead atoms. The first kappa shape index (κ1) is 19.2. The highest BCUT2D eigenvalue weighted by Crippen LogP contribution is 2.25. The maximum atomic E-state index is 12.5. The van der Waals surface area contributed by atoms with Crippen molar-refractivity contribution >= 4 is 17.4 Å². The predicted molar refractivity (Wildman–Crippen MR) is 108 cm³/mol. The average molecular weight is 378 g/mol. The lowest BCUT2D eigenvalue weighted by Gasteiger charge is -2.11. The molecule has 28 heavy (non-hydrogen) atoms. The van der Waals surface area contributed by atoms with Crippen molar-refractivity contribution < 1.29 is 14.3 Å². The molecule has 3 rings (SSSR count). The number of benzene rings is 2. The van der Waals surface area contributed by atoms with Gasteiger partial charge in [0, 0.05) is 12.1 Å². The van der Waals surface area contributed by atoms with Crippen molar-refractivity contribution in [2.75, 3.05) is 24.9 Å². The summed E-state index contributed by atoms with van der Waals surface area (Å²) in [5.41, 5.74) is 2.82. The number of rotatable bonds is 7. The van der Waals surface area contributed by atoms with E-state index in [1.54, 1.807) is 26.4 Å². The molecular formula is C21H22N4O3. The normalized spacial score (nSPS) is 10.2. The summed E-state index contributed by atoms with van der Waals surface area (Å²) >= 11 is 0. The molecule has 0 aliphatic carbocycles. The highest BCUT2D eigenvalue weighted by atomic mass is 16.5. The zero-order valence-electron chi connectivity index (χ0n) is 16.0. The summed E-state index contributed by atoms with van der Waals surface area (Å²) in [6.45, 7) is 2.47. The number of carbonyl (C=O) groups excluding carboxylic acids is 1. The maximum Gasteiger partial charge on any atom is 0.276 e. The molecule has 1 amide bonds. The summed E-state index contributed by atoms with van der Waals surface area (Å²) in [4.78, 5) is 12.5. The molecule has 2 N–H and O–H groups in total. The van der Waals surface area contributed by atoms with E-state index in [0.29, 0.717) is 23.8 Å². The van der Waals surface area contributed by atoms with Gasteiger partial charge in [0.25, 0.3) is 5.91 Å². The Morgan fingerprint density at radius 3 is 2.46 bits per heavy atom. The number of aromatic nitrogens is 2. The molecule has 3 aromatic rings. The number of anilines is 2. The number of para-hydroxylation sites is 1. The van der Waals surface area contributed by atoms with Gasteiger partial charge in [-0.1, -0.05) is 24.3 Å². The minimum atomic E-state index is -0.354. The second kappa shape index (κ2) is 8.85. The number of methoxy groups -OCH3 is 2. The molecule has 144 valence electrons. The van der Waals surface area contributed by atoms with Gasteiger partial charge < -0.3 is 20.1 Å². The van der Waals surface area contributed by atoms with Crippen LogP contribution in [0.3, 0.4) is 0 Å². The Morgan fingerprint density at radius 1 is 0.964 bits per heavy atom. The molecule has 7 heteroatoms. The maximum absolute atomic E-state index is 12.5. The third-order valence-electron chi connectivity index (χ3n) is 4.15. The minimum absolute atomic E-state index is 0.214. The highest BCUT2D eigenvalue weighted by molar-refractivity contribution is 6.03. The molecule has 0 radical (unpaired) electrons. The van der Waals surface area contributed by atoms with E-state index in [0.717, 1.165) is 16.9 Å². The zero-order valence-corrected chi connectivity index (χ0v) is 16.0. The molecule has 1 heterocycles. The fourth-order valence-corrected chi connectivity index (χ4v) is 2.69. The molecular weight excluding hydrogens is 356 g/mol. The number of nitrogens with zero attached hydrogens (tertiary/aromatic N) is 2. The molecule has 0 aliphatic heterocycles. The minimum Gasteiger partial charge on any atom is -0.496 e. The van der Waals surface area contributed by atoms with E-state index in [4.69, 9.17) is 9.47 Å². The van der Waals surface area contributed by atoms with Crippen LogP contribution in [0.5, 0.6) is 11.5 Å². The van der Waals surface area contributed by atoms with Crippen LogP contribution in [0.1, 0.15) is 21.6 Å². The van der Waals surface area contributed by atoms with E-state index in [1.165, 1.54) is 0 Å². The Balaban J connectivity index is 1.65.